The summed E-state index contributed by atoms with van der Waals surface area (Å²) in [7, 11) is 0. The van der Waals surface area contributed by atoms with Crippen molar-refractivity contribution in [3.63, 3.8) is 0 Å². The zero-order valence-corrected chi connectivity index (χ0v) is 15.6. The number of carbonyl (C=O) groups excluding carboxylic acids is 1. The SMILES string of the molecule is O=C(c1cc(F)cc(F)c1)c1cc2oc(=O)n(CCc3ccccn3)c2cc1Cl. The smallest absolute Gasteiger partial charge is 0.408 e. The molecule has 0 aliphatic heterocycles. The van der Waals surface area contributed by atoms with Crippen molar-refractivity contribution >= 4 is 28.5 Å². The third kappa shape index (κ3) is 3.82. The van der Waals surface area contributed by atoms with Crippen LogP contribution in [0.1, 0.15) is 21.6 Å². The zero-order chi connectivity index (χ0) is 20.5. The molecule has 0 N–H and O–H groups in total. The van der Waals surface area contributed by atoms with E-state index in [1.54, 1.807) is 12.3 Å². The normalized spacial score (nSPS) is 11.1. The van der Waals surface area contributed by atoms with E-state index in [-0.39, 0.29) is 21.7 Å². The van der Waals surface area contributed by atoms with Crippen molar-refractivity contribution in [3.05, 3.63) is 98.8 Å². The maximum atomic E-state index is 13.4. The molecular formula is C21H13ClF2N2O3. The van der Waals surface area contributed by atoms with E-state index < -0.39 is 23.2 Å². The number of oxazole rings is 1. The van der Waals surface area contributed by atoms with E-state index in [0.717, 1.165) is 17.8 Å². The number of pyridine rings is 1. The van der Waals surface area contributed by atoms with Gasteiger partial charge in [0.2, 0.25) is 0 Å². The third-order valence-electron chi connectivity index (χ3n) is 4.44. The van der Waals surface area contributed by atoms with Crippen LogP contribution in [0.3, 0.4) is 0 Å². The van der Waals surface area contributed by atoms with Crippen LogP contribution in [0.15, 0.2) is 63.9 Å². The van der Waals surface area contributed by atoms with Crippen molar-refractivity contribution in [1.82, 2.24) is 9.55 Å². The van der Waals surface area contributed by atoms with Gasteiger partial charge in [-0.1, -0.05) is 17.7 Å². The van der Waals surface area contributed by atoms with Crippen molar-refractivity contribution in [2.24, 2.45) is 0 Å². The lowest BCUT2D eigenvalue weighted by Gasteiger charge is -2.06. The van der Waals surface area contributed by atoms with Gasteiger partial charge in [-0.2, -0.15) is 0 Å². The Hall–Kier alpha value is -3.32. The van der Waals surface area contributed by atoms with Gasteiger partial charge in [0.1, 0.15) is 11.6 Å². The van der Waals surface area contributed by atoms with E-state index in [9.17, 15) is 18.4 Å². The molecule has 0 amide bonds. The number of carbonyl (C=O) groups is 1. The quantitative estimate of drug-likeness (QED) is 0.454. The Balaban J connectivity index is 1.71. The number of rotatable bonds is 5. The predicted molar refractivity (Wildman–Crippen MR) is 103 cm³/mol. The molecule has 0 unspecified atom stereocenters. The van der Waals surface area contributed by atoms with Crippen LogP contribution < -0.4 is 5.76 Å². The molecule has 0 saturated carbocycles. The van der Waals surface area contributed by atoms with Crippen LogP contribution in [0.25, 0.3) is 11.1 Å². The van der Waals surface area contributed by atoms with E-state index in [1.165, 1.54) is 16.7 Å². The molecule has 2 aromatic heterocycles. The van der Waals surface area contributed by atoms with Gasteiger partial charge in [-0.25, -0.2) is 13.6 Å². The maximum absolute atomic E-state index is 13.4. The second kappa shape index (κ2) is 7.60. The van der Waals surface area contributed by atoms with E-state index in [4.69, 9.17) is 16.0 Å². The van der Waals surface area contributed by atoms with Crippen molar-refractivity contribution in [2.75, 3.05) is 0 Å². The Morgan fingerprint density at radius 3 is 2.55 bits per heavy atom. The molecule has 2 heterocycles. The Labute approximate surface area is 168 Å². The Kier molecular flexibility index (Phi) is 4.98. The number of aryl methyl sites for hydroxylation is 2. The number of fused-ring (bicyclic) bond motifs is 1. The molecule has 0 atom stereocenters. The van der Waals surface area contributed by atoms with Crippen molar-refractivity contribution in [1.29, 1.82) is 0 Å². The second-order valence-corrected chi connectivity index (χ2v) is 6.78. The molecule has 5 nitrogen and oxygen atoms in total. The van der Waals surface area contributed by atoms with Gasteiger partial charge in [-0.05, 0) is 36.4 Å². The summed E-state index contributed by atoms with van der Waals surface area (Å²) in [6.07, 6.45) is 2.16. The minimum absolute atomic E-state index is 0.0187. The zero-order valence-electron chi connectivity index (χ0n) is 14.9. The summed E-state index contributed by atoms with van der Waals surface area (Å²) in [5.41, 5.74) is 1.16. The lowest BCUT2D eigenvalue weighted by atomic mass is 10.0. The van der Waals surface area contributed by atoms with Gasteiger partial charge in [0, 0.05) is 42.0 Å². The molecule has 29 heavy (non-hydrogen) atoms. The number of hydrogen-bond donors (Lipinski definition) is 0. The number of benzene rings is 2. The highest BCUT2D eigenvalue weighted by atomic mass is 35.5. The number of nitrogens with zero attached hydrogens (tertiary/aromatic N) is 2. The van der Waals surface area contributed by atoms with Crippen LogP contribution in [0.5, 0.6) is 0 Å². The molecular weight excluding hydrogens is 402 g/mol. The van der Waals surface area contributed by atoms with Crippen LogP contribution >= 0.6 is 11.6 Å². The van der Waals surface area contributed by atoms with Crippen LogP contribution in [-0.4, -0.2) is 15.3 Å². The number of aromatic nitrogens is 2. The maximum Gasteiger partial charge on any atom is 0.419 e. The monoisotopic (exact) mass is 414 g/mol. The summed E-state index contributed by atoms with van der Waals surface area (Å²) in [6.45, 7) is 0.307. The van der Waals surface area contributed by atoms with Crippen LogP contribution in [0.4, 0.5) is 8.78 Å². The first-order chi connectivity index (χ1) is 13.9. The molecule has 0 bridgehead atoms. The van der Waals surface area contributed by atoms with Crippen molar-refractivity contribution < 1.29 is 18.0 Å². The van der Waals surface area contributed by atoms with Gasteiger partial charge in [0.05, 0.1) is 10.5 Å². The molecule has 2 aromatic carbocycles. The van der Waals surface area contributed by atoms with E-state index in [1.807, 2.05) is 12.1 Å². The summed E-state index contributed by atoms with van der Waals surface area (Å²) in [4.78, 5) is 29.1. The van der Waals surface area contributed by atoms with Gasteiger partial charge in [0.25, 0.3) is 0 Å². The standard InChI is InChI=1S/C21H13ClF2N2O3/c22-17-11-18-19(10-16(17)20(27)12-7-13(23)9-14(24)8-12)29-21(28)26(18)6-4-15-3-1-2-5-25-15/h1-3,5,7-11H,4,6H2. The number of ketones is 1. The largest absolute Gasteiger partial charge is 0.419 e. The molecule has 0 saturated heterocycles. The summed E-state index contributed by atoms with van der Waals surface area (Å²) < 4.78 is 33.5. The fraction of sp³-hybridized carbons (Fsp3) is 0.0952. The van der Waals surface area contributed by atoms with Gasteiger partial charge >= 0.3 is 5.76 Å². The fourth-order valence-corrected chi connectivity index (χ4v) is 3.33. The van der Waals surface area contributed by atoms with Crippen LogP contribution in [-0.2, 0) is 13.0 Å². The average Bonchev–Trinajstić information content (AvgIpc) is 2.99. The molecule has 0 aliphatic rings. The van der Waals surface area contributed by atoms with Gasteiger partial charge in [-0.3, -0.25) is 14.3 Å². The summed E-state index contributed by atoms with van der Waals surface area (Å²) in [5.74, 6) is -3.04. The summed E-state index contributed by atoms with van der Waals surface area (Å²) >= 11 is 6.25. The highest BCUT2D eigenvalue weighted by Crippen LogP contribution is 2.26. The second-order valence-electron chi connectivity index (χ2n) is 6.38. The van der Waals surface area contributed by atoms with Crippen LogP contribution in [0, 0.1) is 11.6 Å². The Morgan fingerprint density at radius 2 is 1.86 bits per heavy atom. The van der Waals surface area contributed by atoms with Crippen molar-refractivity contribution in [3.8, 4) is 0 Å². The van der Waals surface area contributed by atoms with Gasteiger partial charge in [0.15, 0.2) is 11.4 Å². The molecule has 0 radical (unpaired) electrons. The van der Waals surface area contributed by atoms with Crippen molar-refractivity contribution in [2.45, 2.75) is 13.0 Å². The number of halogens is 3. The van der Waals surface area contributed by atoms with E-state index in [2.05, 4.69) is 4.98 Å². The number of hydrogen-bond acceptors (Lipinski definition) is 4. The summed E-state index contributed by atoms with van der Waals surface area (Å²) in [6, 6.07) is 10.7. The lowest BCUT2D eigenvalue weighted by molar-refractivity contribution is 0.103. The summed E-state index contributed by atoms with van der Waals surface area (Å²) in [5, 5.41) is 0.0413. The Morgan fingerprint density at radius 1 is 1.10 bits per heavy atom. The lowest BCUT2D eigenvalue weighted by Crippen LogP contribution is -2.15. The predicted octanol–water partition coefficient (Wildman–Crippen LogP) is 4.39. The molecule has 4 rings (SSSR count). The van der Waals surface area contributed by atoms with Crippen LogP contribution in [0.2, 0.25) is 5.02 Å². The minimum Gasteiger partial charge on any atom is -0.408 e. The Bertz CT molecular complexity index is 1260. The van der Waals surface area contributed by atoms with E-state index >= 15 is 0 Å². The molecule has 0 fully saturated rings. The molecule has 0 aliphatic carbocycles. The fourth-order valence-electron chi connectivity index (χ4n) is 3.08. The molecule has 4 aromatic rings. The van der Waals surface area contributed by atoms with Gasteiger partial charge < -0.3 is 4.42 Å². The molecule has 8 heteroatoms. The topological polar surface area (TPSA) is 65.1 Å². The average molecular weight is 415 g/mol. The first-order valence-electron chi connectivity index (χ1n) is 8.66. The third-order valence-corrected chi connectivity index (χ3v) is 4.76. The minimum atomic E-state index is -0.877. The van der Waals surface area contributed by atoms with Gasteiger partial charge in [-0.15, -0.1) is 0 Å². The molecule has 0 spiro atoms. The first kappa shape index (κ1) is 19.0. The highest BCUT2D eigenvalue weighted by Gasteiger charge is 2.19. The molecule has 146 valence electrons. The first-order valence-corrected chi connectivity index (χ1v) is 9.04. The van der Waals surface area contributed by atoms with E-state index in [0.29, 0.717) is 24.5 Å². The highest BCUT2D eigenvalue weighted by molar-refractivity contribution is 6.35.